The van der Waals surface area contributed by atoms with Crippen LogP contribution in [-0.4, -0.2) is 23.7 Å². The van der Waals surface area contributed by atoms with Crippen molar-refractivity contribution in [3.05, 3.63) is 47.2 Å². The molecule has 20 heavy (non-hydrogen) atoms. The van der Waals surface area contributed by atoms with E-state index in [1.807, 2.05) is 32.0 Å². The molecular formula is C16H19NO3. The molecule has 0 radical (unpaired) electrons. The van der Waals surface area contributed by atoms with Crippen LogP contribution in [0.3, 0.4) is 0 Å². The zero-order chi connectivity index (χ0) is 14.7. The largest absolute Gasteiger partial charge is 0.451 e. The van der Waals surface area contributed by atoms with E-state index in [2.05, 4.69) is 5.32 Å². The summed E-state index contributed by atoms with van der Waals surface area (Å²) < 4.78 is 5.61. The standard InChI is InChI=1S/C16H19NO3/c1-10-5-4-6-13(12(10)3)14-7-8-15(20-14)16(19)17-9-11(2)18/h4-8,11,18H,9H2,1-3H3,(H,17,19). The van der Waals surface area contributed by atoms with Crippen molar-refractivity contribution in [3.63, 3.8) is 0 Å². The highest BCUT2D eigenvalue weighted by Gasteiger charge is 2.14. The topological polar surface area (TPSA) is 62.5 Å². The molecule has 1 aromatic carbocycles. The maximum atomic E-state index is 11.8. The Kier molecular flexibility index (Phi) is 4.25. The molecular weight excluding hydrogens is 254 g/mol. The molecule has 0 aliphatic carbocycles. The summed E-state index contributed by atoms with van der Waals surface area (Å²) in [6.07, 6.45) is -0.576. The van der Waals surface area contributed by atoms with Gasteiger partial charge in [0.2, 0.25) is 0 Å². The molecule has 2 aromatic rings. The lowest BCUT2D eigenvalue weighted by atomic mass is 10.0. The van der Waals surface area contributed by atoms with Gasteiger partial charge >= 0.3 is 0 Å². The molecule has 4 nitrogen and oxygen atoms in total. The second-order valence-corrected chi connectivity index (χ2v) is 4.97. The molecule has 0 saturated heterocycles. The number of rotatable bonds is 4. The number of nitrogens with one attached hydrogen (secondary N) is 1. The first-order valence-corrected chi connectivity index (χ1v) is 6.61. The van der Waals surface area contributed by atoms with Crippen molar-refractivity contribution in [2.75, 3.05) is 6.54 Å². The molecule has 1 atom stereocenters. The van der Waals surface area contributed by atoms with Crippen LogP contribution in [0.15, 0.2) is 34.7 Å². The van der Waals surface area contributed by atoms with Gasteiger partial charge in [-0.1, -0.05) is 18.2 Å². The molecule has 0 fully saturated rings. The average molecular weight is 273 g/mol. The second kappa shape index (κ2) is 5.92. The van der Waals surface area contributed by atoms with Gasteiger partial charge in [0.25, 0.3) is 5.91 Å². The van der Waals surface area contributed by atoms with Crippen molar-refractivity contribution in [2.24, 2.45) is 0 Å². The fraction of sp³-hybridized carbons (Fsp3) is 0.312. The van der Waals surface area contributed by atoms with Crippen LogP contribution in [0.1, 0.15) is 28.6 Å². The molecule has 106 valence electrons. The van der Waals surface area contributed by atoms with E-state index in [1.165, 1.54) is 5.56 Å². The van der Waals surface area contributed by atoms with E-state index in [-0.39, 0.29) is 18.2 Å². The lowest BCUT2D eigenvalue weighted by Crippen LogP contribution is -2.30. The summed E-state index contributed by atoms with van der Waals surface area (Å²) in [5, 5.41) is 11.8. The van der Waals surface area contributed by atoms with Gasteiger partial charge in [0.15, 0.2) is 5.76 Å². The normalized spacial score (nSPS) is 12.2. The van der Waals surface area contributed by atoms with Crippen molar-refractivity contribution in [3.8, 4) is 11.3 Å². The highest BCUT2D eigenvalue weighted by Crippen LogP contribution is 2.27. The predicted molar refractivity (Wildman–Crippen MR) is 77.6 cm³/mol. The number of amides is 1. The smallest absolute Gasteiger partial charge is 0.287 e. The minimum absolute atomic E-state index is 0.207. The minimum atomic E-state index is -0.576. The number of aliphatic hydroxyl groups excluding tert-OH is 1. The lowest BCUT2D eigenvalue weighted by Gasteiger charge is -2.06. The Hall–Kier alpha value is -2.07. The summed E-state index contributed by atoms with van der Waals surface area (Å²) in [4.78, 5) is 11.8. The van der Waals surface area contributed by atoms with E-state index in [4.69, 9.17) is 9.52 Å². The van der Waals surface area contributed by atoms with E-state index < -0.39 is 6.10 Å². The molecule has 1 amide bonds. The molecule has 1 aromatic heterocycles. The Morgan fingerprint density at radius 3 is 2.75 bits per heavy atom. The van der Waals surface area contributed by atoms with Crippen LogP contribution in [0.2, 0.25) is 0 Å². The van der Waals surface area contributed by atoms with Crippen LogP contribution in [0.25, 0.3) is 11.3 Å². The number of benzene rings is 1. The van der Waals surface area contributed by atoms with Gasteiger partial charge < -0.3 is 14.8 Å². The van der Waals surface area contributed by atoms with E-state index in [0.717, 1.165) is 11.1 Å². The number of furan rings is 1. The SMILES string of the molecule is Cc1cccc(-c2ccc(C(=O)NCC(C)O)o2)c1C. The number of hydrogen-bond acceptors (Lipinski definition) is 3. The number of aliphatic hydroxyl groups is 1. The number of carbonyl (C=O) groups excluding carboxylic acids is 1. The van der Waals surface area contributed by atoms with Gasteiger partial charge in [0.1, 0.15) is 5.76 Å². The lowest BCUT2D eigenvalue weighted by molar-refractivity contribution is 0.0897. The van der Waals surface area contributed by atoms with Gasteiger partial charge in [0, 0.05) is 12.1 Å². The molecule has 2 rings (SSSR count). The Balaban J connectivity index is 2.20. The van der Waals surface area contributed by atoms with E-state index in [9.17, 15) is 4.79 Å². The molecule has 1 unspecified atom stereocenters. The summed E-state index contributed by atoms with van der Waals surface area (Å²) >= 11 is 0. The maximum absolute atomic E-state index is 11.8. The summed E-state index contributed by atoms with van der Waals surface area (Å²) in [6, 6.07) is 9.41. The minimum Gasteiger partial charge on any atom is -0.451 e. The van der Waals surface area contributed by atoms with Crippen molar-refractivity contribution >= 4 is 5.91 Å². The molecule has 0 saturated carbocycles. The van der Waals surface area contributed by atoms with Gasteiger partial charge in [-0.3, -0.25) is 4.79 Å². The molecule has 0 bridgehead atoms. The van der Waals surface area contributed by atoms with Gasteiger partial charge in [-0.2, -0.15) is 0 Å². The van der Waals surface area contributed by atoms with Crippen LogP contribution in [0, 0.1) is 13.8 Å². The molecule has 1 heterocycles. The monoisotopic (exact) mass is 273 g/mol. The Morgan fingerprint density at radius 1 is 1.30 bits per heavy atom. The first kappa shape index (κ1) is 14.3. The third kappa shape index (κ3) is 3.08. The number of hydrogen-bond donors (Lipinski definition) is 2. The van der Waals surface area contributed by atoms with Crippen LogP contribution in [0.5, 0.6) is 0 Å². The zero-order valence-electron chi connectivity index (χ0n) is 11.9. The quantitative estimate of drug-likeness (QED) is 0.900. The van der Waals surface area contributed by atoms with Crippen molar-refractivity contribution in [1.82, 2.24) is 5.32 Å². The molecule has 0 spiro atoms. The zero-order valence-corrected chi connectivity index (χ0v) is 11.9. The summed E-state index contributed by atoms with van der Waals surface area (Å²) in [6.45, 7) is 5.89. The number of carbonyl (C=O) groups is 1. The predicted octanol–water partition coefficient (Wildman–Crippen LogP) is 2.67. The van der Waals surface area contributed by atoms with Crippen LogP contribution in [0.4, 0.5) is 0 Å². The highest BCUT2D eigenvalue weighted by molar-refractivity contribution is 5.92. The van der Waals surface area contributed by atoms with Crippen molar-refractivity contribution < 1.29 is 14.3 Å². The molecule has 0 aliphatic heterocycles. The first-order chi connectivity index (χ1) is 9.49. The molecule has 2 N–H and O–H groups in total. The Morgan fingerprint density at radius 2 is 2.05 bits per heavy atom. The first-order valence-electron chi connectivity index (χ1n) is 6.61. The molecule has 0 aliphatic rings. The maximum Gasteiger partial charge on any atom is 0.287 e. The Labute approximate surface area is 118 Å². The fourth-order valence-corrected chi connectivity index (χ4v) is 1.95. The average Bonchev–Trinajstić information content (AvgIpc) is 2.88. The summed E-state index contributed by atoms with van der Waals surface area (Å²) in [7, 11) is 0. The third-order valence-electron chi connectivity index (χ3n) is 3.26. The van der Waals surface area contributed by atoms with Crippen molar-refractivity contribution in [2.45, 2.75) is 26.9 Å². The van der Waals surface area contributed by atoms with E-state index in [1.54, 1.807) is 19.1 Å². The van der Waals surface area contributed by atoms with Crippen LogP contribution in [-0.2, 0) is 0 Å². The third-order valence-corrected chi connectivity index (χ3v) is 3.26. The van der Waals surface area contributed by atoms with E-state index >= 15 is 0 Å². The summed E-state index contributed by atoms with van der Waals surface area (Å²) in [5.74, 6) is 0.609. The fourth-order valence-electron chi connectivity index (χ4n) is 1.95. The van der Waals surface area contributed by atoms with Gasteiger partial charge in [-0.05, 0) is 44.0 Å². The van der Waals surface area contributed by atoms with Crippen molar-refractivity contribution in [1.29, 1.82) is 0 Å². The summed E-state index contributed by atoms with van der Waals surface area (Å²) in [5.41, 5.74) is 3.30. The van der Waals surface area contributed by atoms with Crippen LogP contribution < -0.4 is 5.32 Å². The van der Waals surface area contributed by atoms with Gasteiger partial charge in [0.05, 0.1) is 6.10 Å². The highest BCUT2D eigenvalue weighted by atomic mass is 16.4. The molecule has 4 heteroatoms. The van der Waals surface area contributed by atoms with Gasteiger partial charge in [-0.25, -0.2) is 0 Å². The van der Waals surface area contributed by atoms with Gasteiger partial charge in [-0.15, -0.1) is 0 Å². The Bertz CT molecular complexity index is 614. The van der Waals surface area contributed by atoms with E-state index in [0.29, 0.717) is 5.76 Å². The number of aryl methyl sites for hydroxylation is 1. The van der Waals surface area contributed by atoms with Crippen LogP contribution >= 0.6 is 0 Å². The second-order valence-electron chi connectivity index (χ2n) is 4.97.